The maximum Gasteiger partial charge on any atom is 0.233 e. The third-order valence-corrected chi connectivity index (χ3v) is 4.74. The molecule has 0 amide bonds. The van der Waals surface area contributed by atoms with Crippen molar-refractivity contribution < 1.29 is 13.2 Å². The van der Waals surface area contributed by atoms with Gasteiger partial charge in [-0.25, -0.2) is 13.1 Å². The standard InChI is InChI=1S/C16H19N3O3S/c20-23(21,11-7-14-4-2-1-3-5-14)18-8-9-19-16-6-10-22-13-15(16)12-17-19/h1-5,7,11-12,18H,6,8-10,13H2/b11-7+. The van der Waals surface area contributed by atoms with Gasteiger partial charge in [0.1, 0.15) is 0 Å². The first-order valence-corrected chi connectivity index (χ1v) is 9.03. The second-order valence-electron chi connectivity index (χ2n) is 5.30. The molecule has 0 atom stereocenters. The molecule has 0 unspecified atom stereocenters. The lowest BCUT2D eigenvalue weighted by atomic mass is 10.2. The van der Waals surface area contributed by atoms with E-state index >= 15 is 0 Å². The first-order valence-electron chi connectivity index (χ1n) is 7.48. The quantitative estimate of drug-likeness (QED) is 0.870. The van der Waals surface area contributed by atoms with Crippen LogP contribution in [-0.4, -0.2) is 31.3 Å². The molecule has 3 rings (SSSR count). The molecule has 0 bridgehead atoms. The lowest BCUT2D eigenvalue weighted by Crippen LogP contribution is -2.27. The van der Waals surface area contributed by atoms with E-state index < -0.39 is 10.0 Å². The van der Waals surface area contributed by atoms with Crippen LogP contribution in [-0.2, 0) is 34.3 Å². The van der Waals surface area contributed by atoms with Gasteiger partial charge in [-0.1, -0.05) is 30.3 Å². The van der Waals surface area contributed by atoms with E-state index in [0.29, 0.717) is 26.3 Å². The lowest BCUT2D eigenvalue weighted by Gasteiger charge is -2.14. The fraction of sp³-hybridized carbons (Fsp3) is 0.312. The predicted octanol–water partition coefficient (Wildman–Crippen LogP) is 1.55. The summed E-state index contributed by atoms with van der Waals surface area (Å²) in [7, 11) is -3.45. The summed E-state index contributed by atoms with van der Waals surface area (Å²) in [5.74, 6) is 0. The summed E-state index contributed by atoms with van der Waals surface area (Å²) in [6.07, 6.45) is 4.18. The van der Waals surface area contributed by atoms with Gasteiger partial charge in [-0.05, 0) is 11.6 Å². The van der Waals surface area contributed by atoms with Crippen LogP contribution >= 0.6 is 0 Å². The molecule has 2 heterocycles. The van der Waals surface area contributed by atoms with Crippen LogP contribution in [0.15, 0.2) is 41.9 Å². The number of hydrogen-bond donors (Lipinski definition) is 1. The molecule has 0 aliphatic carbocycles. The third-order valence-electron chi connectivity index (χ3n) is 3.64. The minimum atomic E-state index is -3.45. The molecule has 1 aliphatic heterocycles. The molecular weight excluding hydrogens is 314 g/mol. The van der Waals surface area contributed by atoms with Crippen LogP contribution in [0.25, 0.3) is 6.08 Å². The minimum absolute atomic E-state index is 0.302. The van der Waals surface area contributed by atoms with E-state index in [2.05, 4.69) is 9.82 Å². The fourth-order valence-corrected chi connectivity index (χ4v) is 3.29. The van der Waals surface area contributed by atoms with Crippen molar-refractivity contribution >= 4 is 16.1 Å². The van der Waals surface area contributed by atoms with Gasteiger partial charge in [0.15, 0.2) is 0 Å². The Hall–Kier alpha value is -1.96. The average molecular weight is 333 g/mol. The predicted molar refractivity (Wildman–Crippen MR) is 88.0 cm³/mol. The number of rotatable bonds is 6. The zero-order chi connectivity index (χ0) is 16.1. The Morgan fingerprint density at radius 3 is 2.96 bits per heavy atom. The number of benzene rings is 1. The Labute approximate surface area is 135 Å². The van der Waals surface area contributed by atoms with Crippen molar-refractivity contribution in [1.82, 2.24) is 14.5 Å². The summed E-state index contributed by atoms with van der Waals surface area (Å²) < 4.78 is 33.7. The fourth-order valence-electron chi connectivity index (χ4n) is 2.48. The highest BCUT2D eigenvalue weighted by Crippen LogP contribution is 2.15. The number of nitrogens with one attached hydrogen (secondary N) is 1. The molecule has 1 aromatic heterocycles. The highest BCUT2D eigenvalue weighted by molar-refractivity contribution is 7.92. The van der Waals surface area contributed by atoms with Gasteiger partial charge in [0.25, 0.3) is 0 Å². The molecule has 2 aromatic rings. The van der Waals surface area contributed by atoms with Gasteiger partial charge in [-0.2, -0.15) is 5.10 Å². The molecule has 1 aromatic carbocycles. The highest BCUT2D eigenvalue weighted by atomic mass is 32.2. The van der Waals surface area contributed by atoms with E-state index in [9.17, 15) is 8.42 Å². The molecule has 0 spiro atoms. The smallest absolute Gasteiger partial charge is 0.233 e. The zero-order valence-corrected chi connectivity index (χ0v) is 13.5. The van der Waals surface area contributed by atoms with Gasteiger partial charge in [0, 0.05) is 29.6 Å². The number of sulfonamides is 1. The molecule has 1 N–H and O–H groups in total. The maximum atomic E-state index is 12.0. The van der Waals surface area contributed by atoms with Crippen molar-refractivity contribution in [3.05, 3.63) is 58.8 Å². The first-order chi connectivity index (χ1) is 11.1. The Balaban J connectivity index is 1.55. The maximum absolute atomic E-state index is 12.0. The number of fused-ring (bicyclic) bond motifs is 1. The largest absolute Gasteiger partial charge is 0.376 e. The van der Waals surface area contributed by atoms with Crippen molar-refractivity contribution in [2.24, 2.45) is 0 Å². The molecule has 7 heteroatoms. The summed E-state index contributed by atoms with van der Waals surface area (Å²) in [6.45, 7) is 2.08. The van der Waals surface area contributed by atoms with E-state index in [1.165, 1.54) is 5.41 Å². The third kappa shape index (κ3) is 4.28. The van der Waals surface area contributed by atoms with Crippen molar-refractivity contribution in [1.29, 1.82) is 0 Å². The summed E-state index contributed by atoms with van der Waals surface area (Å²) in [5, 5.41) is 5.48. The van der Waals surface area contributed by atoms with E-state index in [-0.39, 0.29) is 0 Å². The van der Waals surface area contributed by atoms with Gasteiger partial charge >= 0.3 is 0 Å². The second-order valence-corrected chi connectivity index (χ2v) is 6.95. The molecule has 0 saturated heterocycles. The van der Waals surface area contributed by atoms with Crippen LogP contribution in [0.2, 0.25) is 0 Å². The molecule has 6 nitrogen and oxygen atoms in total. The van der Waals surface area contributed by atoms with Crippen LogP contribution in [0.4, 0.5) is 0 Å². The summed E-state index contributed by atoms with van der Waals surface area (Å²) >= 11 is 0. The Kier molecular flexibility index (Phi) is 4.90. The van der Waals surface area contributed by atoms with Crippen molar-refractivity contribution in [3.8, 4) is 0 Å². The summed E-state index contributed by atoms with van der Waals surface area (Å²) in [4.78, 5) is 0. The number of aromatic nitrogens is 2. The monoisotopic (exact) mass is 333 g/mol. The number of hydrogen-bond acceptors (Lipinski definition) is 4. The first kappa shape index (κ1) is 15.9. The zero-order valence-electron chi connectivity index (χ0n) is 12.7. The van der Waals surface area contributed by atoms with Crippen molar-refractivity contribution in [2.75, 3.05) is 13.2 Å². The van der Waals surface area contributed by atoms with Gasteiger partial charge in [0.2, 0.25) is 10.0 Å². The Morgan fingerprint density at radius 2 is 2.13 bits per heavy atom. The summed E-state index contributed by atoms with van der Waals surface area (Å²) in [6, 6.07) is 9.32. The topological polar surface area (TPSA) is 73.2 Å². The van der Waals surface area contributed by atoms with Gasteiger partial charge in [-0.3, -0.25) is 4.68 Å². The van der Waals surface area contributed by atoms with Crippen LogP contribution in [0.3, 0.4) is 0 Å². The highest BCUT2D eigenvalue weighted by Gasteiger charge is 2.15. The van der Waals surface area contributed by atoms with Crippen LogP contribution in [0.1, 0.15) is 16.8 Å². The van der Waals surface area contributed by atoms with Crippen LogP contribution in [0, 0.1) is 0 Å². The molecule has 1 aliphatic rings. The SMILES string of the molecule is O=S(=O)(/C=C/c1ccccc1)NCCn1ncc2c1CCOC2. The van der Waals surface area contributed by atoms with Gasteiger partial charge in [-0.15, -0.1) is 0 Å². The lowest BCUT2D eigenvalue weighted by molar-refractivity contribution is 0.109. The average Bonchev–Trinajstić information content (AvgIpc) is 2.97. The Morgan fingerprint density at radius 1 is 1.30 bits per heavy atom. The van der Waals surface area contributed by atoms with Crippen molar-refractivity contribution in [3.63, 3.8) is 0 Å². The van der Waals surface area contributed by atoms with Gasteiger partial charge < -0.3 is 4.74 Å². The number of ether oxygens (including phenoxy) is 1. The van der Waals surface area contributed by atoms with E-state index in [1.807, 2.05) is 35.0 Å². The summed E-state index contributed by atoms with van der Waals surface area (Å²) in [5.41, 5.74) is 3.07. The van der Waals surface area contributed by atoms with E-state index in [1.54, 1.807) is 12.3 Å². The molecular formula is C16H19N3O3S. The van der Waals surface area contributed by atoms with E-state index in [0.717, 1.165) is 23.2 Å². The molecule has 122 valence electrons. The normalized spacial score (nSPS) is 15.0. The van der Waals surface area contributed by atoms with Crippen molar-refractivity contribution in [2.45, 2.75) is 19.6 Å². The van der Waals surface area contributed by atoms with Crippen LogP contribution in [0.5, 0.6) is 0 Å². The molecule has 0 saturated carbocycles. The van der Waals surface area contributed by atoms with E-state index in [4.69, 9.17) is 4.74 Å². The Bertz CT molecular complexity index is 782. The second kappa shape index (κ2) is 7.08. The molecule has 0 fully saturated rings. The minimum Gasteiger partial charge on any atom is -0.376 e. The molecule has 0 radical (unpaired) electrons. The number of nitrogens with zero attached hydrogens (tertiary/aromatic N) is 2. The molecule has 23 heavy (non-hydrogen) atoms. The van der Waals surface area contributed by atoms with Crippen LogP contribution < -0.4 is 4.72 Å². The van der Waals surface area contributed by atoms with Gasteiger partial charge in [0.05, 0.1) is 26.0 Å².